The average Bonchev–Trinajstić information content (AvgIpc) is 2.45. The zero-order valence-electron chi connectivity index (χ0n) is 11.9. The third kappa shape index (κ3) is 2.74. The fraction of sp³-hybridized carbons (Fsp3) is 0.500. The Labute approximate surface area is 111 Å². The SMILES string of the molecule is CO[Si](C)(OC)c1ccccc1[Si](C)(OC)OC. The van der Waals surface area contributed by atoms with Crippen LogP contribution in [0.15, 0.2) is 24.3 Å². The Morgan fingerprint density at radius 2 is 0.944 bits per heavy atom. The van der Waals surface area contributed by atoms with E-state index < -0.39 is 17.1 Å². The van der Waals surface area contributed by atoms with Crippen molar-refractivity contribution in [1.29, 1.82) is 0 Å². The predicted octanol–water partition coefficient (Wildman–Crippen LogP) is 0.830. The van der Waals surface area contributed by atoms with Crippen molar-refractivity contribution in [3.63, 3.8) is 0 Å². The lowest BCUT2D eigenvalue weighted by atomic mass is 10.4. The van der Waals surface area contributed by atoms with E-state index in [-0.39, 0.29) is 0 Å². The largest absolute Gasteiger partial charge is 0.394 e. The van der Waals surface area contributed by atoms with Gasteiger partial charge in [0.15, 0.2) is 0 Å². The lowest BCUT2D eigenvalue weighted by Crippen LogP contribution is -2.64. The molecule has 0 aliphatic heterocycles. The summed E-state index contributed by atoms with van der Waals surface area (Å²) in [5.41, 5.74) is 0. The normalized spacial score (nSPS) is 12.8. The monoisotopic (exact) mass is 286 g/mol. The fourth-order valence-electron chi connectivity index (χ4n) is 1.88. The smallest absolute Gasteiger partial charge is 0.368 e. The number of benzene rings is 1. The van der Waals surface area contributed by atoms with E-state index in [4.69, 9.17) is 17.7 Å². The van der Waals surface area contributed by atoms with E-state index >= 15 is 0 Å². The quantitative estimate of drug-likeness (QED) is 0.726. The lowest BCUT2D eigenvalue weighted by Gasteiger charge is -2.31. The Balaban J connectivity index is 3.39. The highest BCUT2D eigenvalue weighted by atomic mass is 28.4. The molecule has 0 aliphatic carbocycles. The second-order valence-electron chi connectivity index (χ2n) is 4.25. The van der Waals surface area contributed by atoms with Crippen LogP contribution in [0.25, 0.3) is 0 Å². The maximum atomic E-state index is 5.63. The average molecular weight is 286 g/mol. The van der Waals surface area contributed by atoms with Gasteiger partial charge in [-0.15, -0.1) is 0 Å². The standard InChI is InChI=1S/C12H22O4Si2/c1-13-17(5,14-2)11-9-7-8-10-12(11)18(6,15-3)16-4/h7-10H,1-6H3. The Morgan fingerprint density at radius 1 is 0.667 bits per heavy atom. The van der Waals surface area contributed by atoms with Gasteiger partial charge in [-0.25, -0.2) is 0 Å². The number of hydrogen-bond acceptors (Lipinski definition) is 4. The van der Waals surface area contributed by atoms with Crippen molar-refractivity contribution in [2.45, 2.75) is 13.1 Å². The fourth-order valence-corrected chi connectivity index (χ4v) is 6.40. The van der Waals surface area contributed by atoms with Gasteiger partial charge in [0.05, 0.1) is 0 Å². The van der Waals surface area contributed by atoms with Crippen LogP contribution in [-0.2, 0) is 17.7 Å². The van der Waals surface area contributed by atoms with Crippen LogP contribution >= 0.6 is 0 Å². The van der Waals surface area contributed by atoms with Gasteiger partial charge in [0.1, 0.15) is 0 Å². The Morgan fingerprint density at radius 3 is 1.17 bits per heavy atom. The van der Waals surface area contributed by atoms with Crippen molar-refractivity contribution in [3.8, 4) is 0 Å². The van der Waals surface area contributed by atoms with E-state index in [1.165, 1.54) is 0 Å². The molecule has 1 aromatic carbocycles. The minimum absolute atomic E-state index is 1.08. The zero-order valence-corrected chi connectivity index (χ0v) is 13.9. The zero-order chi connectivity index (χ0) is 13.8. The summed E-state index contributed by atoms with van der Waals surface area (Å²) in [4.78, 5) is 0. The molecule has 0 bridgehead atoms. The molecule has 0 saturated carbocycles. The second-order valence-corrected chi connectivity index (χ2v) is 10.7. The summed E-state index contributed by atoms with van der Waals surface area (Å²) < 4.78 is 22.5. The molecule has 0 N–H and O–H groups in total. The first-order chi connectivity index (χ1) is 8.47. The first kappa shape index (κ1) is 15.6. The molecule has 6 heteroatoms. The molecule has 0 heterocycles. The molecule has 18 heavy (non-hydrogen) atoms. The van der Waals surface area contributed by atoms with Crippen molar-refractivity contribution in [1.82, 2.24) is 0 Å². The highest BCUT2D eigenvalue weighted by Crippen LogP contribution is 2.10. The van der Waals surface area contributed by atoms with Crippen molar-refractivity contribution in [2.75, 3.05) is 28.4 Å². The van der Waals surface area contributed by atoms with E-state index in [1.54, 1.807) is 28.4 Å². The minimum Gasteiger partial charge on any atom is -0.394 e. The summed E-state index contributed by atoms with van der Waals surface area (Å²) in [5.74, 6) is 0. The van der Waals surface area contributed by atoms with E-state index in [0.29, 0.717) is 0 Å². The van der Waals surface area contributed by atoms with Gasteiger partial charge in [-0.05, 0) is 23.5 Å². The molecule has 1 aromatic rings. The highest BCUT2D eigenvalue weighted by Gasteiger charge is 2.42. The summed E-state index contributed by atoms with van der Waals surface area (Å²) in [6, 6.07) is 8.06. The van der Waals surface area contributed by atoms with Gasteiger partial charge in [0, 0.05) is 28.4 Å². The minimum atomic E-state index is -2.39. The third-order valence-corrected chi connectivity index (χ3v) is 9.66. The molecule has 0 unspecified atom stereocenters. The molecule has 0 fully saturated rings. The van der Waals surface area contributed by atoms with E-state index in [0.717, 1.165) is 10.4 Å². The van der Waals surface area contributed by atoms with Crippen LogP contribution in [-0.4, -0.2) is 45.6 Å². The molecular weight excluding hydrogens is 264 g/mol. The third-order valence-electron chi connectivity index (χ3n) is 3.46. The van der Waals surface area contributed by atoms with Crippen LogP contribution in [0.1, 0.15) is 0 Å². The Bertz CT molecular complexity index is 352. The molecule has 0 amide bonds. The lowest BCUT2D eigenvalue weighted by molar-refractivity contribution is 0.260. The van der Waals surface area contributed by atoms with Crippen LogP contribution in [0.4, 0.5) is 0 Å². The predicted molar refractivity (Wildman–Crippen MR) is 77.0 cm³/mol. The maximum Gasteiger partial charge on any atom is 0.368 e. The van der Waals surface area contributed by atoms with Crippen molar-refractivity contribution in [3.05, 3.63) is 24.3 Å². The van der Waals surface area contributed by atoms with E-state index in [9.17, 15) is 0 Å². The molecule has 4 nitrogen and oxygen atoms in total. The van der Waals surface area contributed by atoms with Gasteiger partial charge in [-0.3, -0.25) is 0 Å². The van der Waals surface area contributed by atoms with Crippen molar-refractivity contribution >= 4 is 27.5 Å². The molecule has 1 rings (SSSR count). The number of hydrogen-bond donors (Lipinski definition) is 0. The number of rotatable bonds is 6. The van der Waals surface area contributed by atoms with Crippen LogP contribution in [0.3, 0.4) is 0 Å². The molecule has 0 atom stereocenters. The van der Waals surface area contributed by atoms with Crippen LogP contribution in [0, 0.1) is 0 Å². The summed E-state index contributed by atoms with van der Waals surface area (Å²) in [5, 5.41) is 2.15. The van der Waals surface area contributed by atoms with Gasteiger partial charge < -0.3 is 17.7 Å². The Kier molecular flexibility index (Phi) is 5.26. The van der Waals surface area contributed by atoms with Gasteiger partial charge in [0.2, 0.25) is 0 Å². The van der Waals surface area contributed by atoms with Gasteiger partial charge >= 0.3 is 17.1 Å². The first-order valence-electron chi connectivity index (χ1n) is 5.78. The molecule has 0 aromatic heterocycles. The topological polar surface area (TPSA) is 36.9 Å². The van der Waals surface area contributed by atoms with Crippen LogP contribution < -0.4 is 10.4 Å². The van der Waals surface area contributed by atoms with Crippen molar-refractivity contribution < 1.29 is 17.7 Å². The molecule has 0 spiro atoms. The van der Waals surface area contributed by atoms with Crippen LogP contribution in [0.5, 0.6) is 0 Å². The van der Waals surface area contributed by atoms with E-state index in [2.05, 4.69) is 0 Å². The van der Waals surface area contributed by atoms with Crippen molar-refractivity contribution in [2.24, 2.45) is 0 Å². The van der Waals surface area contributed by atoms with E-state index in [1.807, 2.05) is 37.4 Å². The maximum absolute atomic E-state index is 5.63. The summed E-state index contributed by atoms with van der Waals surface area (Å²) in [7, 11) is 1.97. The highest BCUT2D eigenvalue weighted by molar-refractivity contribution is 6.90. The first-order valence-corrected chi connectivity index (χ1v) is 10.4. The molecule has 0 radical (unpaired) electrons. The molecule has 0 saturated heterocycles. The van der Waals surface area contributed by atoms with Gasteiger partial charge in [0.25, 0.3) is 0 Å². The van der Waals surface area contributed by atoms with Crippen LogP contribution in [0.2, 0.25) is 13.1 Å². The van der Waals surface area contributed by atoms with Gasteiger partial charge in [-0.1, -0.05) is 24.3 Å². The summed E-state index contributed by atoms with van der Waals surface area (Å²) in [6.45, 7) is 4.04. The molecule has 102 valence electrons. The molecule has 0 aliphatic rings. The molecular formula is C12H22O4Si2. The second kappa shape index (κ2) is 6.09. The Hall–Kier alpha value is -0.506. The van der Waals surface area contributed by atoms with Gasteiger partial charge in [-0.2, -0.15) is 0 Å². The summed E-state index contributed by atoms with van der Waals surface area (Å²) >= 11 is 0. The summed E-state index contributed by atoms with van der Waals surface area (Å²) in [6.07, 6.45) is 0.